The van der Waals surface area contributed by atoms with Gasteiger partial charge in [0, 0.05) is 31.8 Å². The molecule has 5 heteroatoms. The Morgan fingerprint density at radius 1 is 1.35 bits per heavy atom. The van der Waals surface area contributed by atoms with Gasteiger partial charge in [-0.15, -0.1) is 0 Å². The first kappa shape index (κ1) is 16.6. The number of nitrogens with two attached hydrogens (primary N) is 1. The summed E-state index contributed by atoms with van der Waals surface area (Å²) >= 11 is 0. The Morgan fingerprint density at radius 3 is 2.50 bits per heavy atom. The Labute approximate surface area is 118 Å². The van der Waals surface area contributed by atoms with Gasteiger partial charge in [-0.1, -0.05) is 19.9 Å². The van der Waals surface area contributed by atoms with Crippen molar-refractivity contribution in [3.05, 3.63) is 35.4 Å². The summed E-state index contributed by atoms with van der Waals surface area (Å²) in [6, 6.07) is 3.36. The van der Waals surface area contributed by atoms with Gasteiger partial charge in [-0.25, -0.2) is 8.78 Å². The van der Waals surface area contributed by atoms with Crippen LogP contribution in [0.1, 0.15) is 25.8 Å². The van der Waals surface area contributed by atoms with E-state index >= 15 is 0 Å². The maximum atomic E-state index is 13.6. The van der Waals surface area contributed by atoms with Crippen LogP contribution >= 0.6 is 0 Å². The molecule has 1 unspecified atom stereocenters. The molecule has 0 aliphatic heterocycles. The average Bonchev–Trinajstić information content (AvgIpc) is 2.38. The molecule has 0 aliphatic carbocycles. The minimum absolute atomic E-state index is 0.107. The van der Waals surface area contributed by atoms with Crippen molar-refractivity contribution in [2.75, 3.05) is 13.6 Å². The van der Waals surface area contributed by atoms with Gasteiger partial charge in [0.1, 0.15) is 11.6 Å². The van der Waals surface area contributed by atoms with Crippen LogP contribution in [0.2, 0.25) is 0 Å². The summed E-state index contributed by atoms with van der Waals surface area (Å²) in [6.45, 7) is 4.43. The van der Waals surface area contributed by atoms with E-state index < -0.39 is 11.6 Å². The molecule has 1 aromatic rings. The summed E-state index contributed by atoms with van der Waals surface area (Å²) in [7, 11) is 1.61. The van der Waals surface area contributed by atoms with Gasteiger partial charge in [-0.05, 0) is 18.4 Å². The first-order valence-corrected chi connectivity index (χ1v) is 6.74. The standard InChI is InChI=1S/C15H22F2N2O/c1-10(2)6-12(8-18)15(20)19(3)9-11-4-5-13(16)7-14(11)17/h4-5,7,10,12H,6,8-9,18H2,1-3H3. The van der Waals surface area contributed by atoms with Crippen molar-refractivity contribution in [3.8, 4) is 0 Å². The summed E-state index contributed by atoms with van der Waals surface area (Å²) in [4.78, 5) is 13.7. The summed E-state index contributed by atoms with van der Waals surface area (Å²) in [6.07, 6.45) is 0.700. The van der Waals surface area contributed by atoms with E-state index in [9.17, 15) is 13.6 Å². The van der Waals surface area contributed by atoms with Crippen LogP contribution in [-0.4, -0.2) is 24.4 Å². The number of nitrogens with zero attached hydrogens (tertiary/aromatic N) is 1. The van der Waals surface area contributed by atoms with Gasteiger partial charge in [-0.3, -0.25) is 4.79 Å². The highest BCUT2D eigenvalue weighted by Gasteiger charge is 2.22. The molecule has 0 bridgehead atoms. The second-order valence-corrected chi connectivity index (χ2v) is 5.49. The number of hydrogen-bond donors (Lipinski definition) is 1. The number of rotatable bonds is 6. The van der Waals surface area contributed by atoms with E-state index in [0.29, 0.717) is 17.9 Å². The Hall–Kier alpha value is -1.49. The van der Waals surface area contributed by atoms with E-state index in [1.165, 1.54) is 17.0 Å². The fourth-order valence-electron chi connectivity index (χ4n) is 2.16. The molecule has 0 radical (unpaired) electrons. The Kier molecular flexibility index (Phi) is 6.07. The minimum Gasteiger partial charge on any atom is -0.341 e. The summed E-state index contributed by atoms with van der Waals surface area (Å²) in [5.74, 6) is -1.27. The van der Waals surface area contributed by atoms with Crippen molar-refractivity contribution in [2.24, 2.45) is 17.6 Å². The quantitative estimate of drug-likeness (QED) is 0.872. The third-order valence-corrected chi connectivity index (χ3v) is 3.19. The zero-order valence-corrected chi connectivity index (χ0v) is 12.2. The number of amides is 1. The largest absolute Gasteiger partial charge is 0.341 e. The van der Waals surface area contributed by atoms with Crippen LogP contribution in [0.25, 0.3) is 0 Å². The number of halogens is 2. The van der Waals surface area contributed by atoms with Crippen LogP contribution in [0.15, 0.2) is 18.2 Å². The molecule has 112 valence electrons. The predicted octanol–water partition coefficient (Wildman–Crippen LogP) is 2.54. The van der Waals surface area contributed by atoms with Gasteiger partial charge in [0.15, 0.2) is 0 Å². The number of benzene rings is 1. The Morgan fingerprint density at radius 2 is 2.00 bits per heavy atom. The van der Waals surface area contributed by atoms with Crippen LogP contribution in [-0.2, 0) is 11.3 Å². The van der Waals surface area contributed by atoms with E-state index in [1.807, 2.05) is 13.8 Å². The highest BCUT2D eigenvalue weighted by atomic mass is 19.1. The molecule has 0 aromatic heterocycles. The second-order valence-electron chi connectivity index (χ2n) is 5.49. The molecule has 0 heterocycles. The van der Waals surface area contributed by atoms with E-state index in [1.54, 1.807) is 7.05 Å². The van der Waals surface area contributed by atoms with Gasteiger partial charge >= 0.3 is 0 Å². The smallest absolute Gasteiger partial charge is 0.227 e. The molecule has 2 N–H and O–H groups in total. The average molecular weight is 284 g/mol. The molecule has 0 spiro atoms. The third kappa shape index (κ3) is 4.56. The molecule has 0 saturated heterocycles. The van der Waals surface area contributed by atoms with Crippen LogP contribution < -0.4 is 5.73 Å². The third-order valence-electron chi connectivity index (χ3n) is 3.19. The van der Waals surface area contributed by atoms with E-state index in [-0.39, 0.29) is 24.9 Å². The lowest BCUT2D eigenvalue weighted by Gasteiger charge is -2.24. The molecule has 0 fully saturated rings. The molecule has 0 saturated carbocycles. The fourth-order valence-corrected chi connectivity index (χ4v) is 2.16. The van der Waals surface area contributed by atoms with Crippen LogP contribution in [0.4, 0.5) is 8.78 Å². The summed E-state index contributed by atoms with van der Waals surface area (Å²) < 4.78 is 26.4. The molecule has 3 nitrogen and oxygen atoms in total. The van der Waals surface area contributed by atoms with Crippen LogP contribution in [0.5, 0.6) is 0 Å². The van der Waals surface area contributed by atoms with E-state index in [2.05, 4.69) is 0 Å². The normalized spacial score (nSPS) is 12.6. The van der Waals surface area contributed by atoms with Crippen molar-refractivity contribution < 1.29 is 13.6 Å². The van der Waals surface area contributed by atoms with Gasteiger partial charge in [-0.2, -0.15) is 0 Å². The first-order chi connectivity index (χ1) is 9.35. The van der Waals surface area contributed by atoms with E-state index in [0.717, 1.165) is 6.07 Å². The number of carbonyl (C=O) groups excluding carboxylic acids is 1. The first-order valence-electron chi connectivity index (χ1n) is 6.74. The Balaban J connectivity index is 2.73. The summed E-state index contributed by atoms with van der Waals surface area (Å²) in [5, 5.41) is 0. The maximum Gasteiger partial charge on any atom is 0.227 e. The molecular weight excluding hydrogens is 262 g/mol. The summed E-state index contributed by atoms with van der Waals surface area (Å²) in [5.41, 5.74) is 5.93. The second kappa shape index (κ2) is 7.33. The molecule has 1 atom stereocenters. The van der Waals surface area contributed by atoms with Crippen LogP contribution in [0.3, 0.4) is 0 Å². The Bertz CT molecular complexity index is 463. The van der Waals surface area contributed by atoms with Crippen molar-refractivity contribution in [2.45, 2.75) is 26.8 Å². The minimum atomic E-state index is -0.641. The van der Waals surface area contributed by atoms with Crippen LogP contribution in [0, 0.1) is 23.5 Å². The highest BCUT2D eigenvalue weighted by Crippen LogP contribution is 2.16. The van der Waals surface area contributed by atoms with Crippen molar-refractivity contribution in [1.82, 2.24) is 4.90 Å². The number of carbonyl (C=O) groups is 1. The lowest BCUT2D eigenvalue weighted by Crippen LogP contribution is -2.37. The lowest BCUT2D eigenvalue weighted by atomic mass is 9.96. The monoisotopic (exact) mass is 284 g/mol. The number of hydrogen-bond acceptors (Lipinski definition) is 2. The van der Waals surface area contributed by atoms with Gasteiger partial charge in [0.25, 0.3) is 0 Å². The molecular formula is C15H22F2N2O. The zero-order chi connectivity index (χ0) is 15.3. The lowest BCUT2D eigenvalue weighted by molar-refractivity contribution is -0.135. The zero-order valence-electron chi connectivity index (χ0n) is 12.2. The highest BCUT2D eigenvalue weighted by molar-refractivity contribution is 5.78. The van der Waals surface area contributed by atoms with Crippen molar-refractivity contribution in [1.29, 1.82) is 0 Å². The van der Waals surface area contributed by atoms with E-state index in [4.69, 9.17) is 5.73 Å². The molecule has 20 heavy (non-hydrogen) atoms. The molecule has 1 aromatic carbocycles. The van der Waals surface area contributed by atoms with Gasteiger partial charge in [0.2, 0.25) is 5.91 Å². The molecule has 1 rings (SSSR count). The van der Waals surface area contributed by atoms with Gasteiger partial charge < -0.3 is 10.6 Å². The topological polar surface area (TPSA) is 46.3 Å². The van der Waals surface area contributed by atoms with Crippen molar-refractivity contribution in [3.63, 3.8) is 0 Å². The fraction of sp³-hybridized carbons (Fsp3) is 0.533. The molecule has 1 amide bonds. The van der Waals surface area contributed by atoms with Crippen molar-refractivity contribution >= 4 is 5.91 Å². The molecule has 0 aliphatic rings. The van der Waals surface area contributed by atoms with Gasteiger partial charge in [0.05, 0.1) is 5.92 Å². The maximum absolute atomic E-state index is 13.6. The SMILES string of the molecule is CC(C)CC(CN)C(=O)N(C)Cc1ccc(F)cc1F. The predicted molar refractivity (Wildman–Crippen MR) is 74.8 cm³/mol.